The lowest BCUT2D eigenvalue weighted by atomic mass is 10.1. The zero-order chi connectivity index (χ0) is 17.2. The van der Waals surface area contributed by atoms with E-state index in [1.165, 1.54) is 35.4 Å². The number of benzene rings is 1. The molecule has 24 heavy (non-hydrogen) atoms. The summed E-state index contributed by atoms with van der Waals surface area (Å²) in [7, 11) is 0. The van der Waals surface area contributed by atoms with Crippen molar-refractivity contribution in [2.24, 2.45) is 5.16 Å². The minimum atomic E-state index is -1.06. The van der Waals surface area contributed by atoms with E-state index in [1.807, 2.05) is 0 Å². The van der Waals surface area contributed by atoms with Crippen LogP contribution in [-0.2, 0) is 9.63 Å². The molecular weight excluding hydrogens is 315 g/mol. The lowest BCUT2D eigenvalue weighted by molar-refractivity contribution is -0.154. The summed E-state index contributed by atoms with van der Waals surface area (Å²) in [6.07, 6.45) is 1.50. The van der Waals surface area contributed by atoms with Gasteiger partial charge in [-0.2, -0.15) is 0 Å². The number of hydrogen-bond donors (Lipinski definition) is 0. The Morgan fingerprint density at radius 2 is 2.00 bits per heavy atom. The predicted molar refractivity (Wildman–Crippen MR) is 84.0 cm³/mol. The summed E-state index contributed by atoms with van der Waals surface area (Å²) in [5.74, 6) is 0.673. The van der Waals surface area contributed by atoms with Gasteiger partial charge < -0.3 is 14.0 Å². The van der Waals surface area contributed by atoms with Crippen molar-refractivity contribution in [2.45, 2.75) is 19.4 Å². The molecule has 0 radical (unpaired) electrons. The molecule has 3 rings (SSSR count). The lowest BCUT2D eigenvalue weighted by Gasteiger charge is -2.34. The summed E-state index contributed by atoms with van der Waals surface area (Å²) in [6.45, 7) is 3.76. The van der Waals surface area contributed by atoms with Gasteiger partial charge in [-0.15, -0.1) is 0 Å². The second-order valence-electron chi connectivity index (χ2n) is 5.75. The standard InChI is InChI=1S/C17H17FN2O4/c1-17(2)16(21)20(15(19-24-17)14-4-3-10-23-14)9-11-22-13-7-5-12(18)6-8-13/h3-8,10H,9,11H2,1-2H3. The van der Waals surface area contributed by atoms with Crippen molar-refractivity contribution in [1.29, 1.82) is 0 Å². The molecule has 0 saturated heterocycles. The summed E-state index contributed by atoms with van der Waals surface area (Å²) in [5.41, 5.74) is -1.06. The fourth-order valence-electron chi connectivity index (χ4n) is 2.24. The topological polar surface area (TPSA) is 64.3 Å². The highest BCUT2D eigenvalue weighted by atomic mass is 19.1. The molecule has 2 heterocycles. The molecule has 7 heteroatoms. The van der Waals surface area contributed by atoms with Gasteiger partial charge in [0, 0.05) is 0 Å². The van der Waals surface area contributed by atoms with Gasteiger partial charge in [0.2, 0.25) is 11.4 Å². The number of amides is 1. The van der Waals surface area contributed by atoms with E-state index in [-0.39, 0.29) is 24.9 Å². The zero-order valence-electron chi connectivity index (χ0n) is 13.4. The molecule has 0 fully saturated rings. The Morgan fingerprint density at radius 1 is 1.25 bits per heavy atom. The number of halogens is 1. The first-order valence-corrected chi connectivity index (χ1v) is 7.48. The molecule has 1 aliphatic rings. The number of rotatable bonds is 5. The first kappa shape index (κ1) is 16.0. The molecule has 1 aromatic carbocycles. The summed E-state index contributed by atoms with van der Waals surface area (Å²) in [5, 5.41) is 4.02. The molecule has 126 valence electrons. The number of ether oxygens (including phenoxy) is 1. The number of oxime groups is 1. The van der Waals surface area contributed by atoms with Crippen LogP contribution < -0.4 is 4.74 Å². The Hall–Kier alpha value is -2.83. The van der Waals surface area contributed by atoms with Crippen LogP contribution in [0.25, 0.3) is 0 Å². The number of hydrogen-bond acceptors (Lipinski definition) is 5. The molecule has 0 atom stereocenters. The number of furan rings is 1. The molecule has 0 spiro atoms. The van der Waals surface area contributed by atoms with Crippen molar-refractivity contribution in [3.8, 4) is 5.75 Å². The number of nitrogens with zero attached hydrogens (tertiary/aromatic N) is 2. The molecule has 0 unspecified atom stereocenters. The van der Waals surface area contributed by atoms with E-state index < -0.39 is 5.60 Å². The van der Waals surface area contributed by atoms with E-state index in [2.05, 4.69) is 5.16 Å². The van der Waals surface area contributed by atoms with Gasteiger partial charge in [-0.1, -0.05) is 5.16 Å². The Labute approximate surface area is 138 Å². The third kappa shape index (κ3) is 3.24. The van der Waals surface area contributed by atoms with E-state index in [0.717, 1.165) is 0 Å². The Balaban J connectivity index is 1.72. The highest BCUT2D eigenvalue weighted by Crippen LogP contribution is 2.23. The average molecular weight is 332 g/mol. The van der Waals surface area contributed by atoms with Gasteiger partial charge >= 0.3 is 0 Å². The van der Waals surface area contributed by atoms with Gasteiger partial charge in [-0.05, 0) is 50.2 Å². The summed E-state index contributed by atoms with van der Waals surface area (Å²) in [6, 6.07) is 9.09. The number of carbonyl (C=O) groups excluding carboxylic acids is 1. The Morgan fingerprint density at radius 3 is 2.67 bits per heavy atom. The molecule has 1 aromatic heterocycles. The van der Waals surface area contributed by atoms with Crippen LogP contribution >= 0.6 is 0 Å². The normalized spacial score (nSPS) is 16.5. The summed E-state index contributed by atoms with van der Waals surface area (Å²) < 4.78 is 23.8. The summed E-state index contributed by atoms with van der Waals surface area (Å²) >= 11 is 0. The SMILES string of the molecule is CC1(C)ON=C(c2ccco2)N(CCOc2ccc(F)cc2)C1=O. The highest BCUT2D eigenvalue weighted by Gasteiger charge is 2.41. The Bertz CT molecular complexity index is 738. The lowest BCUT2D eigenvalue weighted by Crippen LogP contribution is -2.53. The van der Waals surface area contributed by atoms with Gasteiger partial charge in [-0.3, -0.25) is 9.69 Å². The average Bonchev–Trinajstić information content (AvgIpc) is 3.08. The van der Waals surface area contributed by atoms with Crippen LogP contribution in [-0.4, -0.2) is 35.4 Å². The molecule has 0 bridgehead atoms. The quantitative estimate of drug-likeness (QED) is 0.844. The van der Waals surface area contributed by atoms with Crippen LogP contribution in [0.15, 0.2) is 52.2 Å². The maximum atomic E-state index is 12.9. The van der Waals surface area contributed by atoms with Crippen molar-refractivity contribution in [3.05, 3.63) is 54.2 Å². The van der Waals surface area contributed by atoms with Crippen molar-refractivity contribution in [2.75, 3.05) is 13.2 Å². The van der Waals surface area contributed by atoms with Crippen LogP contribution in [0.3, 0.4) is 0 Å². The minimum absolute atomic E-state index is 0.215. The molecule has 6 nitrogen and oxygen atoms in total. The second kappa shape index (κ2) is 6.35. The maximum absolute atomic E-state index is 12.9. The fourth-order valence-corrected chi connectivity index (χ4v) is 2.24. The van der Waals surface area contributed by atoms with Crippen molar-refractivity contribution < 1.29 is 23.2 Å². The summed E-state index contributed by atoms with van der Waals surface area (Å²) in [4.78, 5) is 19.4. The maximum Gasteiger partial charge on any atom is 0.274 e. The van der Waals surface area contributed by atoms with Crippen molar-refractivity contribution >= 4 is 11.7 Å². The Kier molecular flexibility index (Phi) is 4.24. The van der Waals surface area contributed by atoms with Crippen LogP contribution in [0.5, 0.6) is 5.75 Å². The van der Waals surface area contributed by atoms with Crippen LogP contribution in [0.2, 0.25) is 0 Å². The number of amidine groups is 1. The van der Waals surface area contributed by atoms with E-state index >= 15 is 0 Å². The van der Waals surface area contributed by atoms with Crippen LogP contribution in [0, 0.1) is 5.82 Å². The second-order valence-corrected chi connectivity index (χ2v) is 5.75. The van der Waals surface area contributed by atoms with Crippen LogP contribution in [0.1, 0.15) is 19.6 Å². The molecule has 0 N–H and O–H groups in total. The van der Waals surface area contributed by atoms with Crippen molar-refractivity contribution in [3.63, 3.8) is 0 Å². The molecular formula is C17H17FN2O4. The molecule has 1 aliphatic heterocycles. The monoisotopic (exact) mass is 332 g/mol. The van der Waals surface area contributed by atoms with E-state index in [9.17, 15) is 9.18 Å². The van der Waals surface area contributed by atoms with Gasteiger partial charge in [0.1, 0.15) is 18.2 Å². The first-order chi connectivity index (χ1) is 11.5. The highest BCUT2D eigenvalue weighted by molar-refractivity contribution is 6.09. The molecule has 0 saturated carbocycles. The fraction of sp³-hybridized carbons (Fsp3) is 0.294. The minimum Gasteiger partial charge on any atom is -0.492 e. The van der Waals surface area contributed by atoms with Gasteiger partial charge in [0.05, 0.1) is 12.8 Å². The van der Waals surface area contributed by atoms with Gasteiger partial charge in [0.15, 0.2) is 5.76 Å². The first-order valence-electron chi connectivity index (χ1n) is 7.48. The smallest absolute Gasteiger partial charge is 0.274 e. The van der Waals surface area contributed by atoms with E-state index in [1.54, 1.807) is 26.0 Å². The predicted octanol–water partition coefficient (Wildman–Crippen LogP) is 2.80. The largest absolute Gasteiger partial charge is 0.492 e. The van der Waals surface area contributed by atoms with E-state index in [4.69, 9.17) is 14.0 Å². The molecule has 1 amide bonds. The van der Waals surface area contributed by atoms with Crippen molar-refractivity contribution in [1.82, 2.24) is 4.90 Å². The number of carbonyl (C=O) groups is 1. The van der Waals surface area contributed by atoms with Gasteiger partial charge in [-0.25, -0.2) is 4.39 Å². The van der Waals surface area contributed by atoms with Crippen LogP contribution in [0.4, 0.5) is 4.39 Å². The molecule has 2 aromatic rings. The zero-order valence-corrected chi connectivity index (χ0v) is 13.4. The third-order valence-corrected chi connectivity index (χ3v) is 3.52. The van der Waals surface area contributed by atoms with E-state index in [0.29, 0.717) is 17.3 Å². The third-order valence-electron chi connectivity index (χ3n) is 3.52. The van der Waals surface area contributed by atoms with Gasteiger partial charge in [0.25, 0.3) is 5.91 Å². The molecule has 0 aliphatic carbocycles.